The maximum atomic E-state index is 12.7. The Morgan fingerprint density at radius 3 is 2.29 bits per heavy atom. The first kappa shape index (κ1) is 16.6. The van der Waals surface area contributed by atoms with Gasteiger partial charge in [-0.3, -0.25) is 0 Å². The molecule has 0 radical (unpaired) electrons. The van der Waals surface area contributed by atoms with Crippen molar-refractivity contribution in [3.05, 3.63) is 0 Å². The minimum Gasteiger partial charge on any atom is -0.380 e. The highest BCUT2D eigenvalue weighted by atomic mass is 16.5. The van der Waals surface area contributed by atoms with E-state index in [1.165, 1.54) is 38.5 Å². The van der Waals surface area contributed by atoms with E-state index in [9.17, 15) is 4.79 Å². The summed E-state index contributed by atoms with van der Waals surface area (Å²) in [6, 6.07) is 0.959. The molecular formula is C17H32N2O2. The number of carbonyl (C=O) groups is 1. The third-order valence-corrected chi connectivity index (χ3v) is 4.89. The molecule has 1 N–H and O–H groups in total. The predicted octanol–water partition coefficient (Wildman–Crippen LogP) is 3.70. The Kier molecular flexibility index (Phi) is 7.34. The van der Waals surface area contributed by atoms with Crippen molar-refractivity contribution >= 4 is 6.03 Å². The van der Waals surface area contributed by atoms with Crippen LogP contribution in [0.15, 0.2) is 0 Å². The zero-order valence-corrected chi connectivity index (χ0v) is 13.6. The first-order valence-corrected chi connectivity index (χ1v) is 8.96. The van der Waals surface area contributed by atoms with Crippen LogP contribution in [0.3, 0.4) is 0 Å². The Morgan fingerprint density at radius 2 is 1.67 bits per heavy atom. The molecule has 0 saturated heterocycles. The standard InChI is InChI=1S/C17H32N2O2/c1-2-21-14-13-19(16-11-7-4-8-12-16)17(20)18-15-9-5-3-6-10-15/h15-16H,2-14H2,1H3,(H,18,20). The van der Waals surface area contributed by atoms with Crippen LogP contribution >= 0.6 is 0 Å². The van der Waals surface area contributed by atoms with E-state index in [1.54, 1.807) is 0 Å². The SMILES string of the molecule is CCOCCN(C(=O)NC1CCCCC1)C1CCCCC1. The summed E-state index contributed by atoms with van der Waals surface area (Å²) in [5.74, 6) is 0. The van der Waals surface area contributed by atoms with E-state index in [4.69, 9.17) is 4.74 Å². The van der Waals surface area contributed by atoms with Crippen molar-refractivity contribution in [1.29, 1.82) is 0 Å². The van der Waals surface area contributed by atoms with Crippen LogP contribution in [0.25, 0.3) is 0 Å². The first-order valence-electron chi connectivity index (χ1n) is 8.96. The van der Waals surface area contributed by atoms with E-state index in [1.807, 2.05) is 6.92 Å². The van der Waals surface area contributed by atoms with Gasteiger partial charge in [0.1, 0.15) is 0 Å². The summed E-state index contributed by atoms with van der Waals surface area (Å²) >= 11 is 0. The fourth-order valence-corrected chi connectivity index (χ4v) is 3.65. The van der Waals surface area contributed by atoms with Gasteiger partial charge in [-0.1, -0.05) is 38.5 Å². The van der Waals surface area contributed by atoms with Crippen molar-refractivity contribution in [2.24, 2.45) is 0 Å². The van der Waals surface area contributed by atoms with E-state index in [0.29, 0.717) is 18.7 Å². The normalized spacial score (nSPS) is 21.2. The molecule has 2 aliphatic rings. The van der Waals surface area contributed by atoms with Crippen LogP contribution in [-0.2, 0) is 4.74 Å². The molecule has 0 aliphatic heterocycles. The molecule has 2 rings (SSSR count). The van der Waals surface area contributed by atoms with E-state index >= 15 is 0 Å². The van der Waals surface area contributed by atoms with Gasteiger partial charge in [-0.2, -0.15) is 0 Å². The molecule has 2 amide bonds. The Labute approximate surface area is 129 Å². The van der Waals surface area contributed by atoms with Gasteiger partial charge >= 0.3 is 6.03 Å². The van der Waals surface area contributed by atoms with Crippen molar-refractivity contribution in [1.82, 2.24) is 10.2 Å². The molecule has 4 nitrogen and oxygen atoms in total. The van der Waals surface area contributed by atoms with Crippen LogP contribution in [-0.4, -0.2) is 42.8 Å². The van der Waals surface area contributed by atoms with Crippen molar-refractivity contribution in [2.45, 2.75) is 83.2 Å². The van der Waals surface area contributed by atoms with Gasteiger partial charge < -0.3 is 15.0 Å². The highest BCUT2D eigenvalue weighted by Gasteiger charge is 2.27. The second-order valence-corrected chi connectivity index (χ2v) is 6.47. The molecule has 4 heteroatoms. The average molecular weight is 296 g/mol. The quantitative estimate of drug-likeness (QED) is 0.759. The summed E-state index contributed by atoms with van der Waals surface area (Å²) in [5, 5.41) is 3.27. The summed E-state index contributed by atoms with van der Waals surface area (Å²) < 4.78 is 5.47. The molecule has 0 aromatic heterocycles. The molecule has 2 fully saturated rings. The molecule has 2 aliphatic carbocycles. The van der Waals surface area contributed by atoms with Crippen LogP contribution in [0.4, 0.5) is 4.79 Å². The van der Waals surface area contributed by atoms with Gasteiger partial charge in [0.2, 0.25) is 0 Å². The van der Waals surface area contributed by atoms with Gasteiger partial charge in [0.25, 0.3) is 0 Å². The molecule has 2 saturated carbocycles. The lowest BCUT2D eigenvalue weighted by atomic mass is 9.94. The Morgan fingerprint density at radius 1 is 1.05 bits per heavy atom. The minimum atomic E-state index is 0.147. The molecule has 21 heavy (non-hydrogen) atoms. The molecule has 0 aromatic rings. The Bertz CT molecular complexity index is 297. The molecule has 0 atom stereocenters. The van der Waals surface area contributed by atoms with Crippen LogP contribution in [0.1, 0.15) is 71.1 Å². The number of nitrogens with one attached hydrogen (secondary N) is 1. The maximum Gasteiger partial charge on any atom is 0.317 e. The number of rotatable bonds is 6. The highest BCUT2D eigenvalue weighted by Crippen LogP contribution is 2.23. The fourth-order valence-electron chi connectivity index (χ4n) is 3.65. The lowest BCUT2D eigenvalue weighted by Crippen LogP contribution is -2.51. The number of amides is 2. The van der Waals surface area contributed by atoms with Gasteiger partial charge in [-0.15, -0.1) is 0 Å². The number of ether oxygens (including phenoxy) is 1. The Hall–Kier alpha value is -0.770. The smallest absolute Gasteiger partial charge is 0.317 e. The minimum absolute atomic E-state index is 0.147. The molecule has 0 bridgehead atoms. The van der Waals surface area contributed by atoms with Gasteiger partial charge in [0, 0.05) is 25.2 Å². The van der Waals surface area contributed by atoms with Crippen LogP contribution in [0, 0.1) is 0 Å². The van der Waals surface area contributed by atoms with Gasteiger partial charge in [-0.25, -0.2) is 4.79 Å². The van der Waals surface area contributed by atoms with Crippen molar-refractivity contribution in [2.75, 3.05) is 19.8 Å². The second kappa shape index (κ2) is 9.29. The predicted molar refractivity (Wildman–Crippen MR) is 85.5 cm³/mol. The molecule has 0 aromatic carbocycles. The number of hydrogen-bond acceptors (Lipinski definition) is 2. The molecular weight excluding hydrogens is 264 g/mol. The van der Waals surface area contributed by atoms with Crippen LogP contribution in [0.2, 0.25) is 0 Å². The zero-order chi connectivity index (χ0) is 14.9. The first-order chi connectivity index (χ1) is 10.3. The van der Waals surface area contributed by atoms with E-state index in [-0.39, 0.29) is 6.03 Å². The van der Waals surface area contributed by atoms with Gasteiger partial charge in [-0.05, 0) is 32.6 Å². The summed E-state index contributed by atoms with van der Waals surface area (Å²) in [7, 11) is 0. The average Bonchev–Trinajstić information content (AvgIpc) is 2.53. The van der Waals surface area contributed by atoms with Crippen LogP contribution in [0.5, 0.6) is 0 Å². The van der Waals surface area contributed by atoms with E-state index in [2.05, 4.69) is 10.2 Å². The highest BCUT2D eigenvalue weighted by molar-refractivity contribution is 5.75. The summed E-state index contributed by atoms with van der Waals surface area (Å²) in [4.78, 5) is 14.7. The van der Waals surface area contributed by atoms with Crippen molar-refractivity contribution in [3.8, 4) is 0 Å². The third-order valence-electron chi connectivity index (χ3n) is 4.89. The topological polar surface area (TPSA) is 41.6 Å². The van der Waals surface area contributed by atoms with Gasteiger partial charge in [0.05, 0.1) is 6.61 Å². The van der Waals surface area contributed by atoms with Crippen molar-refractivity contribution < 1.29 is 9.53 Å². The largest absolute Gasteiger partial charge is 0.380 e. The molecule has 0 spiro atoms. The second-order valence-electron chi connectivity index (χ2n) is 6.47. The number of carbonyl (C=O) groups excluding carboxylic acids is 1. The maximum absolute atomic E-state index is 12.7. The number of hydrogen-bond donors (Lipinski definition) is 1. The van der Waals surface area contributed by atoms with Crippen molar-refractivity contribution in [3.63, 3.8) is 0 Å². The lowest BCUT2D eigenvalue weighted by molar-refractivity contribution is 0.0940. The third kappa shape index (κ3) is 5.50. The zero-order valence-electron chi connectivity index (χ0n) is 13.6. The van der Waals surface area contributed by atoms with Gasteiger partial charge in [0.15, 0.2) is 0 Å². The fraction of sp³-hybridized carbons (Fsp3) is 0.941. The summed E-state index contributed by atoms with van der Waals surface area (Å²) in [5.41, 5.74) is 0. The summed E-state index contributed by atoms with van der Waals surface area (Å²) in [6.07, 6.45) is 12.3. The molecule has 0 heterocycles. The molecule has 0 unspecified atom stereocenters. The molecule has 122 valence electrons. The van der Waals surface area contributed by atoms with E-state index < -0.39 is 0 Å². The lowest BCUT2D eigenvalue weighted by Gasteiger charge is -2.36. The van der Waals surface area contributed by atoms with E-state index in [0.717, 1.165) is 38.8 Å². The Balaban J connectivity index is 1.86. The van der Waals surface area contributed by atoms with Crippen LogP contribution < -0.4 is 5.32 Å². The monoisotopic (exact) mass is 296 g/mol. The number of urea groups is 1. The summed E-state index contributed by atoms with van der Waals surface area (Å²) in [6.45, 7) is 4.12. The number of nitrogens with zero attached hydrogens (tertiary/aromatic N) is 1.